The Kier molecular flexibility index (Phi) is 7.35. The van der Waals surface area contributed by atoms with Crippen LogP contribution in [0.3, 0.4) is 0 Å². The lowest BCUT2D eigenvalue weighted by atomic mass is 10.2. The van der Waals surface area contributed by atoms with Crippen LogP contribution in [0.4, 0.5) is 4.79 Å². The molecule has 1 heterocycles. The van der Waals surface area contributed by atoms with Crippen molar-refractivity contribution < 1.29 is 4.79 Å². The smallest absolute Gasteiger partial charge is 0.326 e. The zero-order valence-electron chi connectivity index (χ0n) is 14.9. The Morgan fingerprint density at radius 2 is 2.00 bits per heavy atom. The maximum absolute atomic E-state index is 12.4. The van der Waals surface area contributed by atoms with Gasteiger partial charge in [-0.2, -0.15) is 4.68 Å². The fourth-order valence-electron chi connectivity index (χ4n) is 2.27. The van der Waals surface area contributed by atoms with Gasteiger partial charge in [0.25, 0.3) is 0 Å². The third-order valence-electron chi connectivity index (χ3n) is 3.71. The number of amides is 1. The lowest BCUT2D eigenvalue weighted by Gasteiger charge is -2.14. The number of unbranched alkanes of at least 4 members (excludes halogenated alkanes) is 1. The van der Waals surface area contributed by atoms with E-state index in [1.165, 1.54) is 4.90 Å². The van der Waals surface area contributed by atoms with Crippen LogP contribution in [0.15, 0.2) is 53.4 Å². The van der Waals surface area contributed by atoms with Gasteiger partial charge in [-0.05, 0) is 48.7 Å². The molecule has 0 aliphatic carbocycles. The maximum Gasteiger partial charge on any atom is 0.377 e. The Morgan fingerprint density at radius 1 is 1.23 bits per heavy atom. The summed E-state index contributed by atoms with van der Waals surface area (Å²) in [5, 5.41) is 7.79. The van der Waals surface area contributed by atoms with Crippen molar-refractivity contribution in [1.29, 1.82) is 0 Å². The minimum atomic E-state index is -0.652. The van der Waals surface area contributed by atoms with E-state index in [0.29, 0.717) is 17.3 Å². The summed E-state index contributed by atoms with van der Waals surface area (Å²) in [7, 11) is 1.63. The topological polar surface area (TPSA) is 73.0 Å². The number of hydrogen-bond donors (Lipinski definition) is 0. The molecule has 1 amide bonds. The molecule has 0 N–H and O–H groups in total. The fraction of sp³-hybridized carbons (Fsp3) is 0.333. The molecule has 0 atom stereocenters. The van der Waals surface area contributed by atoms with Crippen LogP contribution < -0.4 is 5.69 Å². The molecule has 0 radical (unpaired) electrons. The van der Waals surface area contributed by atoms with Crippen molar-refractivity contribution >= 4 is 17.6 Å². The van der Waals surface area contributed by atoms with E-state index in [2.05, 4.69) is 28.7 Å². The first-order valence-corrected chi connectivity index (χ1v) is 8.75. The highest BCUT2D eigenvalue weighted by molar-refractivity contribution is 6.32. The van der Waals surface area contributed by atoms with E-state index >= 15 is 0 Å². The molecule has 0 fully saturated rings. The first-order valence-electron chi connectivity index (χ1n) is 8.37. The quantitative estimate of drug-likeness (QED) is 0.423. The van der Waals surface area contributed by atoms with Crippen LogP contribution in [-0.2, 0) is 0 Å². The molecule has 7 nitrogen and oxygen atoms in total. The van der Waals surface area contributed by atoms with Gasteiger partial charge in [0.2, 0.25) is 0 Å². The number of nitrogens with zero attached hydrogens (tertiary/aromatic N) is 5. The second kappa shape index (κ2) is 9.72. The second-order valence-corrected chi connectivity index (χ2v) is 6.07. The van der Waals surface area contributed by atoms with Gasteiger partial charge in [0.1, 0.15) is 0 Å². The molecule has 2 rings (SSSR count). The molecule has 8 heteroatoms. The minimum Gasteiger partial charge on any atom is -0.326 e. The number of allylic oxidation sites excluding steroid dienone is 4. The monoisotopic (exact) mass is 375 g/mol. The lowest BCUT2D eigenvalue weighted by molar-refractivity contribution is 0.205. The number of rotatable bonds is 7. The van der Waals surface area contributed by atoms with Gasteiger partial charge in [-0.25, -0.2) is 9.59 Å². The molecule has 0 spiro atoms. The van der Waals surface area contributed by atoms with E-state index in [1.54, 1.807) is 31.3 Å². The molecule has 1 aromatic carbocycles. The highest BCUT2D eigenvalue weighted by atomic mass is 35.5. The summed E-state index contributed by atoms with van der Waals surface area (Å²) in [6, 6.07) is 6.22. The Balaban J connectivity index is 1.98. The van der Waals surface area contributed by atoms with Gasteiger partial charge in [0.15, 0.2) is 0 Å². The largest absolute Gasteiger partial charge is 0.377 e. The Morgan fingerprint density at radius 3 is 2.73 bits per heavy atom. The highest BCUT2D eigenvalue weighted by Crippen LogP contribution is 2.16. The number of carbonyl (C=O) groups excluding carboxylic acids is 1. The number of tetrazole rings is 1. The molecule has 2 aromatic rings. The van der Waals surface area contributed by atoms with Gasteiger partial charge in [-0.3, -0.25) is 0 Å². The van der Waals surface area contributed by atoms with Crippen molar-refractivity contribution in [2.45, 2.75) is 26.2 Å². The molecule has 0 bridgehead atoms. The predicted octanol–water partition coefficient (Wildman–Crippen LogP) is 3.28. The summed E-state index contributed by atoms with van der Waals surface area (Å²) >= 11 is 6.07. The first kappa shape index (κ1) is 19.7. The third kappa shape index (κ3) is 4.92. The van der Waals surface area contributed by atoms with Crippen molar-refractivity contribution in [2.24, 2.45) is 0 Å². The van der Waals surface area contributed by atoms with Gasteiger partial charge >= 0.3 is 11.7 Å². The molecule has 26 heavy (non-hydrogen) atoms. The van der Waals surface area contributed by atoms with Crippen molar-refractivity contribution in [3.05, 3.63) is 64.1 Å². The van der Waals surface area contributed by atoms with Gasteiger partial charge in [-0.1, -0.05) is 48.0 Å². The standard InChI is InChI=1S/C18H22ClN5O2/c1-3-4-5-6-7-8-11-14-22(2)17(25)24-18(26)23(20-21-24)16-13-10-9-12-15(16)19/h3-4,6-7,9-10,12-13H,5,8,11,14H2,1-2H3/b4-3+,7-6+. The van der Waals surface area contributed by atoms with E-state index in [-0.39, 0.29) is 0 Å². The molecule has 138 valence electrons. The average Bonchev–Trinajstić information content (AvgIpc) is 3.01. The Labute approximate surface area is 157 Å². The summed E-state index contributed by atoms with van der Waals surface area (Å²) in [5.41, 5.74) is -0.270. The molecule has 0 unspecified atom stereocenters. The van der Waals surface area contributed by atoms with Crippen LogP contribution in [0.5, 0.6) is 0 Å². The number of carbonyl (C=O) groups is 1. The SMILES string of the molecule is C/C=C/C/C=C/CCCN(C)C(=O)n1nnn(-c2ccccc2Cl)c1=O. The predicted molar refractivity (Wildman–Crippen MR) is 102 cm³/mol. The fourth-order valence-corrected chi connectivity index (χ4v) is 2.49. The second-order valence-electron chi connectivity index (χ2n) is 5.66. The van der Waals surface area contributed by atoms with E-state index in [0.717, 1.165) is 28.6 Å². The van der Waals surface area contributed by atoms with Gasteiger partial charge in [0, 0.05) is 13.6 Å². The van der Waals surface area contributed by atoms with E-state index in [9.17, 15) is 9.59 Å². The first-order chi connectivity index (χ1) is 12.6. The van der Waals surface area contributed by atoms with Crippen molar-refractivity contribution in [2.75, 3.05) is 13.6 Å². The summed E-state index contributed by atoms with van der Waals surface area (Å²) in [6.45, 7) is 2.50. The van der Waals surface area contributed by atoms with Crippen LogP contribution in [0, 0.1) is 0 Å². The Bertz CT molecular complexity index is 853. The number of hydrogen-bond acceptors (Lipinski definition) is 4. The zero-order valence-corrected chi connectivity index (χ0v) is 15.6. The van der Waals surface area contributed by atoms with Crippen molar-refractivity contribution in [1.82, 2.24) is 24.7 Å². The van der Waals surface area contributed by atoms with Crippen LogP contribution in [0.2, 0.25) is 5.02 Å². The molecule has 0 saturated heterocycles. The van der Waals surface area contributed by atoms with Gasteiger partial charge < -0.3 is 4.90 Å². The average molecular weight is 376 g/mol. The summed E-state index contributed by atoms with van der Waals surface area (Å²) in [5.74, 6) is 0. The lowest BCUT2D eigenvalue weighted by Crippen LogP contribution is -2.39. The van der Waals surface area contributed by atoms with Gasteiger partial charge in [0.05, 0.1) is 10.7 Å². The van der Waals surface area contributed by atoms with Crippen molar-refractivity contribution in [3.63, 3.8) is 0 Å². The molecule has 1 aromatic heterocycles. The van der Waals surface area contributed by atoms with E-state index < -0.39 is 11.7 Å². The summed E-state index contributed by atoms with van der Waals surface area (Å²) in [4.78, 5) is 26.3. The molecular formula is C18H22ClN5O2. The van der Waals surface area contributed by atoms with E-state index in [1.807, 2.05) is 13.0 Å². The van der Waals surface area contributed by atoms with Crippen LogP contribution in [-0.4, -0.2) is 44.3 Å². The number of aromatic nitrogens is 4. The molecular weight excluding hydrogens is 354 g/mol. The van der Waals surface area contributed by atoms with Crippen molar-refractivity contribution in [3.8, 4) is 5.69 Å². The molecule has 0 saturated carbocycles. The number of halogens is 1. The molecule has 0 aliphatic rings. The zero-order chi connectivity index (χ0) is 18.9. The van der Waals surface area contributed by atoms with Crippen LogP contribution >= 0.6 is 11.6 Å². The Hall–Kier alpha value is -2.67. The normalized spacial score (nSPS) is 11.5. The third-order valence-corrected chi connectivity index (χ3v) is 4.03. The summed E-state index contributed by atoms with van der Waals surface area (Å²) < 4.78 is 1.75. The van der Waals surface area contributed by atoms with E-state index in [4.69, 9.17) is 11.6 Å². The summed E-state index contributed by atoms with van der Waals surface area (Å²) in [6.07, 6.45) is 10.8. The van der Waals surface area contributed by atoms with Crippen LogP contribution in [0.25, 0.3) is 5.69 Å². The highest BCUT2D eigenvalue weighted by Gasteiger charge is 2.19. The molecule has 0 aliphatic heterocycles. The van der Waals surface area contributed by atoms with Crippen LogP contribution in [0.1, 0.15) is 26.2 Å². The van der Waals surface area contributed by atoms with Gasteiger partial charge in [-0.15, -0.1) is 4.68 Å². The minimum absolute atomic E-state index is 0.354. The number of benzene rings is 1. The number of para-hydroxylation sites is 1. The maximum atomic E-state index is 12.4.